The first-order chi connectivity index (χ1) is 10.2. The minimum absolute atomic E-state index is 0.346. The molecule has 2 aromatic rings. The number of hydrogen-bond donors (Lipinski definition) is 1. The number of carbonyl (C=O) groups is 1. The molecule has 21 heavy (non-hydrogen) atoms. The van der Waals surface area contributed by atoms with Gasteiger partial charge < -0.3 is 5.11 Å². The van der Waals surface area contributed by atoms with Crippen LogP contribution < -0.4 is 0 Å². The molecule has 0 atom stereocenters. The second-order valence-electron chi connectivity index (χ2n) is 4.59. The number of para-hydroxylation sites is 1. The molecule has 0 saturated heterocycles. The predicted octanol–water partition coefficient (Wildman–Crippen LogP) is 3.11. The van der Waals surface area contributed by atoms with Gasteiger partial charge >= 0.3 is 5.97 Å². The van der Waals surface area contributed by atoms with Crippen LogP contribution in [0.15, 0.2) is 48.3 Å². The molecule has 1 aliphatic carbocycles. The normalized spacial score (nSPS) is 14.5. The molecule has 1 aromatic heterocycles. The summed E-state index contributed by atoms with van der Waals surface area (Å²) < 4.78 is 1.57. The number of carboxylic acid groups (broad SMARTS) is 1. The van der Waals surface area contributed by atoms with Crippen molar-refractivity contribution in [3.05, 3.63) is 59.2 Å². The first kappa shape index (κ1) is 13.6. The lowest BCUT2D eigenvalue weighted by Crippen LogP contribution is -2.10. The number of halogens is 1. The minimum atomic E-state index is -0.928. The second-order valence-corrected chi connectivity index (χ2v) is 4.99. The Morgan fingerprint density at radius 1 is 1.33 bits per heavy atom. The first-order valence-electron chi connectivity index (χ1n) is 6.47. The molecule has 106 valence electrons. The van der Waals surface area contributed by atoms with Crippen molar-refractivity contribution < 1.29 is 9.90 Å². The summed E-state index contributed by atoms with van der Waals surface area (Å²) >= 11 is 6.19. The van der Waals surface area contributed by atoms with E-state index >= 15 is 0 Å². The van der Waals surface area contributed by atoms with Crippen molar-refractivity contribution >= 4 is 23.1 Å². The fourth-order valence-corrected chi connectivity index (χ4v) is 2.54. The Bertz CT molecular complexity index is 762. The van der Waals surface area contributed by atoms with Crippen LogP contribution in [-0.4, -0.2) is 25.8 Å². The lowest BCUT2D eigenvalue weighted by Gasteiger charge is -2.14. The number of aliphatic carboxylic acids is 1. The molecule has 0 spiro atoms. The summed E-state index contributed by atoms with van der Waals surface area (Å²) in [4.78, 5) is 15.6. The number of allylic oxidation sites excluding steroid dienone is 3. The number of aromatic nitrogens is 3. The van der Waals surface area contributed by atoms with Crippen LogP contribution in [0.3, 0.4) is 0 Å². The maximum absolute atomic E-state index is 11.4. The molecular weight excluding hydrogens is 290 g/mol. The molecule has 0 bridgehead atoms. The van der Waals surface area contributed by atoms with Crippen LogP contribution >= 0.6 is 11.6 Å². The van der Waals surface area contributed by atoms with Gasteiger partial charge in [-0.25, -0.2) is 14.5 Å². The number of rotatable bonds is 3. The van der Waals surface area contributed by atoms with Crippen LogP contribution in [0, 0.1) is 0 Å². The molecule has 0 amide bonds. The van der Waals surface area contributed by atoms with Gasteiger partial charge in [0.1, 0.15) is 6.33 Å². The second kappa shape index (κ2) is 5.54. The third-order valence-corrected chi connectivity index (χ3v) is 3.62. The van der Waals surface area contributed by atoms with E-state index in [0.717, 1.165) is 0 Å². The largest absolute Gasteiger partial charge is 0.478 e. The van der Waals surface area contributed by atoms with Crippen LogP contribution in [0.5, 0.6) is 0 Å². The van der Waals surface area contributed by atoms with E-state index in [1.807, 2.05) is 24.3 Å². The Hall–Kier alpha value is -2.40. The van der Waals surface area contributed by atoms with Gasteiger partial charge in [0.25, 0.3) is 0 Å². The van der Waals surface area contributed by atoms with Crippen molar-refractivity contribution in [3.8, 4) is 5.69 Å². The average molecular weight is 302 g/mol. The van der Waals surface area contributed by atoms with Gasteiger partial charge in [-0.1, -0.05) is 35.9 Å². The Morgan fingerprint density at radius 3 is 2.90 bits per heavy atom. The van der Waals surface area contributed by atoms with Gasteiger partial charge in [0.05, 0.1) is 10.7 Å². The summed E-state index contributed by atoms with van der Waals surface area (Å²) in [5, 5.41) is 14.1. The van der Waals surface area contributed by atoms with Crippen molar-refractivity contribution in [2.45, 2.75) is 12.8 Å². The van der Waals surface area contributed by atoms with Crippen molar-refractivity contribution in [2.24, 2.45) is 0 Å². The number of carboxylic acids is 1. The molecule has 5 nitrogen and oxygen atoms in total. The fraction of sp³-hybridized carbons (Fsp3) is 0.133. The fourth-order valence-electron chi connectivity index (χ4n) is 2.32. The van der Waals surface area contributed by atoms with Gasteiger partial charge in [-0.05, 0) is 25.0 Å². The number of benzene rings is 1. The van der Waals surface area contributed by atoms with Crippen molar-refractivity contribution in [3.63, 3.8) is 0 Å². The summed E-state index contributed by atoms with van der Waals surface area (Å²) in [7, 11) is 0. The molecule has 1 aliphatic rings. The van der Waals surface area contributed by atoms with E-state index in [0.29, 0.717) is 40.5 Å². The number of nitrogens with zero attached hydrogens (tertiary/aromatic N) is 3. The van der Waals surface area contributed by atoms with Gasteiger partial charge in [0.2, 0.25) is 0 Å². The predicted molar refractivity (Wildman–Crippen MR) is 79.3 cm³/mol. The van der Waals surface area contributed by atoms with E-state index in [-0.39, 0.29) is 0 Å². The minimum Gasteiger partial charge on any atom is -0.478 e. The number of hydrogen-bond acceptors (Lipinski definition) is 3. The van der Waals surface area contributed by atoms with Gasteiger partial charge in [0.15, 0.2) is 5.82 Å². The highest BCUT2D eigenvalue weighted by molar-refractivity contribution is 6.32. The summed E-state index contributed by atoms with van der Waals surface area (Å²) in [5.41, 5.74) is 1.59. The average Bonchev–Trinajstić information content (AvgIpc) is 2.96. The van der Waals surface area contributed by atoms with Crippen LogP contribution in [0.25, 0.3) is 11.3 Å². The third-order valence-electron chi connectivity index (χ3n) is 3.30. The molecule has 0 saturated carbocycles. The van der Waals surface area contributed by atoms with Crippen LogP contribution in [0.1, 0.15) is 18.7 Å². The van der Waals surface area contributed by atoms with Crippen molar-refractivity contribution in [1.29, 1.82) is 0 Å². The Morgan fingerprint density at radius 2 is 2.14 bits per heavy atom. The lowest BCUT2D eigenvalue weighted by molar-refractivity contribution is -0.132. The molecule has 1 heterocycles. The maximum Gasteiger partial charge on any atom is 0.332 e. The summed E-state index contributed by atoms with van der Waals surface area (Å²) in [5.74, 6) is -0.445. The molecule has 3 rings (SSSR count). The van der Waals surface area contributed by atoms with E-state index in [1.165, 1.54) is 6.33 Å². The van der Waals surface area contributed by atoms with Gasteiger partial charge in [0, 0.05) is 11.1 Å². The van der Waals surface area contributed by atoms with E-state index in [1.54, 1.807) is 16.8 Å². The standard InChI is InChI=1S/C15H12ClN3O2/c16-12-7-3-4-8-13(12)19-14(17-9-18-19)10-5-1-2-6-11(10)15(20)21/h1,3-5,7-9H,2,6H2,(H,20,21). The molecule has 0 fully saturated rings. The quantitative estimate of drug-likeness (QED) is 0.946. The molecule has 0 unspecified atom stereocenters. The molecule has 0 aliphatic heterocycles. The smallest absolute Gasteiger partial charge is 0.332 e. The summed E-state index contributed by atoms with van der Waals surface area (Å²) in [6, 6.07) is 7.24. The van der Waals surface area contributed by atoms with Crippen LogP contribution in [0.2, 0.25) is 5.02 Å². The molecule has 6 heteroatoms. The van der Waals surface area contributed by atoms with Gasteiger partial charge in [-0.2, -0.15) is 5.10 Å². The van der Waals surface area contributed by atoms with E-state index in [9.17, 15) is 9.90 Å². The Kier molecular flexibility index (Phi) is 3.58. The molecule has 1 aromatic carbocycles. The Labute approximate surface area is 126 Å². The summed E-state index contributed by atoms with van der Waals surface area (Å²) in [6.07, 6.45) is 6.31. The zero-order valence-corrected chi connectivity index (χ0v) is 11.8. The highest BCUT2D eigenvalue weighted by atomic mass is 35.5. The first-order valence-corrected chi connectivity index (χ1v) is 6.84. The zero-order chi connectivity index (χ0) is 14.8. The highest BCUT2D eigenvalue weighted by Gasteiger charge is 2.21. The summed E-state index contributed by atoms with van der Waals surface area (Å²) in [6.45, 7) is 0. The van der Waals surface area contributed by atoms with Gasteiger partial charge in [-0.3, -0.25) is 0 Å². The van der Waals surface area contributed by atoms with E-state index < -0.39 is 5.97 Å². The third kappa shape index (κ3) is 2.48. The van der Waals surface area contributed by atoms with E-state index in [4.69, 9.17) is 11.6 Å². The van der Waals surface area contributed by atoms with Crippen LogP contribution in [-0.2, 0) is 4.79 Å². The molecule has 1 N–H and O–H groups in total. The maximum atomic E-state index is 11.4. The highest BCUT2D eigenvalue weighted by Crippen LogP contribution is 2.29. The monoisotopic (exact) mass is 301 g/mol. The SMILES string of the molecule is O=C(O)C1=C(c2ncnn2-c2ccccc2Cl)C=CCC1. The van der Waals surface area contributed by atoms with Crippen molar-refractivity contribution in [2.75, 3.05) is 0 Å². The van der Waals surface area contributed by atoms with Crippen LogP contribution in [0.4, 0.5) is 0 Å². The van der Waals surface area contributed by atoms with Crippen molar-refractivity contribution in [1.82, 2.24) is 14.8 Å². The van der Waals surface area contributed by atoms with Gasteiger partial charge in [-0.15, -0.1) is 0 Å². The molecular formula is C15H12ClN3O2. The lowest BCUT2D eigenvalue weighted by atomic mass is 9.97. The van der Waals surface area contributed by atoms with E-state index in [2.05, 4.69) is 10.1 Å². The molecule has 0 radical (unpaired) electrons. The topological polar surface area (TPSA) is 68.0 Å². The zero-order valence-electron chi connectivity index (χ0n) is 11.0. The Balaban J connectivity index is 2.18.